The second kappa shape index (κ2) is 10.8. The number of nitrogens with one attached hydrogen (secondary N) is 1. The molecular formula is C23H28FN3O3. The number of hydrogen-bond acceptors (Lipinski definition) is 4. The van der Waals surface area contributed by atoms with Gasteiger partial charge in [-0.3, -0.25) is 14.5 Å². The maximum Gasteiger partial charge on any atom is 0.247 e. The number of carbonyl (C=O) groups is 2. The molecule has 1 unspecified atom stereocenters. The van der Waals surface area contributed by atoms with Crippen molar-refractivity contribution < 1.29 is 18.7 Å². The van der Waals surface area contributed by atoms with E-state index in [1.165, 1.54) is 24.0 Å². The van der Waals surface area contributed by atoms with E-state index in [2.05, 4.69) is 10.2 Å². The van der Waals surface area contributed by atoms with Crippen LogP contribution >= 0.6 is 0 Å². The summed E-state index contributed by atoms with van der Waals surface area (Å²) in [5.74, 6) is -0.795. The standard InChI is InChI=1S/C23H28FN3O3/c1-18(28)27(17-19-7-9-21(24)10-8-19)22(20-5-3-2-4-6-20)23(29)25-11-12-26-13-15-30-16-14-26/h2-10,22H,11-17H2,1H3,(H,25,29). The Labute approximate surface area is 176 Å². The Morgan fingerprint density at radius 3 is 2.40 bits per heavy atom. The Morgan fingerprint density at radius 1 is 1.10 bits per heavy atom. The summed E-state index contributed by atoms with van der Waals surface area (Å²) in [5, 5.41) is 2.98. The molecule has 0 saturated carbocycles. The van der Waals surface area contributed by atoms with Gasteiger partial charge in [-0.05, 0) is 23.3 Å². The molecule has 2 aromatic carbocycles. The van der Waals surface area contributed by atoms with Gasteiger partial charge in [0.25, 0.3) is 0 Å². The van der Waals surface area contributed by atoms with E-state index in [-0.39, 0.29) is 24.2 Å². The van der Waals surface area contributed by atoms with E-state index in [9.17, 15) is 14.0 Å². The first-order chi connectivity index (χ1) is 14.5. The van der Waals surface area contributed by atoms with Crippen molar-refractivity contribution in [3.05, 3.63) is 71.5 Å². The molecule has 1 fully saturated rings. The van der Waals surface area contributed by atoms with E-state index in [1.54, 1.807) is 12.1 Å². The highest BCUT2D eigenvalue weighted by Gasteiger charge is 2.29. The Hall–Kier alpha value is -2.77. The average Bonchev–Trinajstić information content (AvgIpc) is 2.76. The van der Waals surface area contributed by atoms with Crippen LogP contribution in [-0.4, -0.2) is 61.0 Å². The van der Waals surface area contributed by atoms with Gasteiger partial charge in [-0.1, -0.05) is 42.5 Å². The van der Waals surface area contributed by atoms with Crippen molar-refractivity contribution in [1.82, 2.24) is 15.1 Å². The Kier molecular flexibility index (Phi) is 7.93. The van der Waals surface area contributed by atoms with Crippen molar-refractivity contribution in [2.75, 3.05) is 39.4 Å². The molecular weight excluding hydrogens is 385 g/mol. The molecule has 0 radical (unpaired) electrons. The van der Waals surface area contributed by atoms with Crippen LogP contribution in [0.15, 0.2) is 54.6 Å². The fraction of sp³-hybridized carbons (Fsp3) is 0.391. The molecule has 160 valence electrons. The monoisotopic (exact) mass is 413 g/mol. The van der Waals surface area contributed by atoms with E-state index < -0.39 is 6.04 Å². The molecule has 1 atom stereocenters. The van der Waals surface area contributed by atoms with Crippen molar-refractivity contribution in [3.63, 3.8) is 0 Å². The second-order valence-corrected chi connectivity index (χ2v) is 7.33. The predicted molar refractivity (Wildman–Crippen MR) is 112 cm³/mol. The van der Waals surface area contributed by atoms with Crippen molar-refractivity contribution in [3.8, 4) is 0 Å². The third kappa shape index (κ3) is 6.11. The highest BCUT2D eigenvalue weighted by Crippen LogP contribution is 2.24. The zero-order chi connectivity index (χ0) is 21.3. The normalized spacial score (nSPS) is 15.4. The highest BCUT2D eigenvalue weighted by atomic mass is 19.1. The zero-order valence-electron chi connectivity index (χ0n) is 17.2. The van der Waals surface area contributed by atoms with Crippen molar-refractivity contribution in [1.29, 1.82) is 0 Å². The summed E-state index contributed by atoms with van der Waals surface area (Å²) < 4.78 is 18.6. The number of rotatable bonds is 8. The number of ether oxygens (including phenoxy) is 1. The van der Waals surface area contributed by atoms with E-state index in [0.717, 1.165) is 30.8 Å². The van der Waals surface area contributed by atoms with Gasteiger partial charge in [0, 0.05) is 39.6 Å². The zero-order valence-corrected chi connectivity index (χ0v) is 17.2. The molecule has 1 saturated heterocycles. The molecule has 1 aliphatic heterocycles. The lowest BCUT2D eigenvalue weighted by Crippen LogP contribution is -2.45. The molecule has 2 aromatic rings. The van der Waals surface area contributed by atoms with Crippen LogP contribution in [0.1, 0.15) is 24.1 Å². The largest absolute Gasteiger partial charge is 0.379 e. The van der Waals surface area contributed by atoms with Gasteiger partial charge in [-0.25, -0.2) is 4.39 Å². The summed E-state index contributed by atoms with van der Waals surface area (Å²) in [4.78, 5) is 29.4. The number of benzene rings is 2. The Bertz CT molecular complexity index is 823. The lowest BCUT2D eigenvalue weighted by Gasteiger charge is -2.31. The van der Waals surface area contributed by atoms with Gasteiger partial charge in [0.15, 0.2) is 0 Å². The van der Waals surface area contributed by atoms with Gasteiger partial charge in [0.05, 0.1) is 13.2 Å². The van der Waals surface area contributed by atoms with Crippen molar-refractivity contribution in [2.45, 2.75) is 19.5 Å². The first kappa shape index (κ1) is 21.9. The summed E-state index contributed by atoms with van der Waals surface area (Å²) in [5.41, 5.74) is 1.49. The molecule has 0 aliphatic carbocycles. The molecule has 1 aliphatic rings. The molecule has 3 rings (SSSR count). The summed E-state index contributed by atoms with van der Waals surface area (Å²) in [6.45, 7) is 5.99. The van der Waals surface area contributed by atoms with E-state index in [1.807, 2.05) is 30.3 Å². The van der Waals surface area contributed by atoms with Gasteiger partial charge in [-0.15, -0.1) is 0 Å². The first-order valence-corrected chi connectivity index (χ1v) is 10.2. The summed E-state index contributed by atoms with van der Waals surface area (Å²) in [6.07, 6.45) is 0. The number of halogens is 1. The first-order valence-electron chi connectivity index (χ1n) is 10.2. The number of amides is 2. The molecule has 7 heteroatoms. The van der Waals surface area contributed by atoms with Crippen LogP contribution < -0.4 is 5.32 Å². The van der Waals surface area contributed by atoms with Gasteiger partial charge in [0.1, 0.15) is 11.9 Å². The number of carbonyl (C=O) groups excluding carboxylic acids is 2. The summed E-state index contributed by atoms with van der Waals surface area (Å²) >= 11 is 0. The third-order valence-corrected chi connectivity index (χ3v) is 5.18. The quantitative estimate of drug-likeness (QED) is 0.722. The SMILES string of the molecule is CC(=O)N(Cc1ccc(F)cc1)C(C(=O)NCCN1CCOCC1)c1ccccc1. The second-order valence-electron chi connectivity index (χ2n) is 7.33. The molecule has 0 bridgehead atoms. The minimum Gasteiger partial charge on any atom is -0.379 e. The minimum atomic E-state index is -0.765. The van der Waals surface area contributed by atoms with Crippen molar-refractivity contribution in [2.24, 2.45) is 0 Å². The molecule has 6 nitrogen and oxygen atoms in total. The molecule has 0 aromatic heterocycles. The smallest absolute Gasteiger partial charge is 0.247 e. The molecule has 2 amide bonds. The van der Waals surface area contributed by atoms with Gasteiger partial charge in [0.2, 0.25) is 11.8 Å². The van der Waals surface area contributed by atoms with Gasteiger partial charge >= 0.3 is 0 Å². The van der Waals surface area contributed by atoms with Crippen LogP contribution in [0.5, 0.6) is 0 Å². The fourth-order valence-corrected chi connectivity index (χ4v) is 3.54. The minimum absolute atomic E-state index is 0.214. The third-order valence-electron chi connectivity index (χ3n) is 5.18. The molecule has 1 N–H and O–H groups in total. The van der Waals surface area contributed by atoms with Crippen LogP contribution in [-0.2, 0) is 20.9 Å². The fourth-order valence-electron chi connectivity index (χ4n) is 3.54. The summed E-state index contributed by atoms with van der Waals surface area (Å²) in [6, 6.07) is 14.4. The van der Waals surface area contributed by atoms with Crippen LogP contribution in [0.25, 0.3) is 0 Å². The van der Waals surface area contributed by atoms with Gasteiger partial charge in [-0.2, -0.15) is 0 Å². The Balaban J connectivity index is 1.74. The number of nitrogens with zero attached hydrogens (tertiary/aromatic N) is 2. The van der Waals surface area contributed by atoms with Crippen LogP contribution in [0.4, 0.5) is 4.39 Å². The van der Waals surface area contributed by atoms with Gasteiger partial charge < -0.3 is 15.0 Å². The summed E-state index contributed by atoms with van der Waals surface area (Å²) in [7, 11) is 0. The van der Waals surface area contributed by atoms with E-state index in [0.29, 0.717) is 19.8 Å². The van der Waals surface area contributed by atoms with Crippen molar-refractivity contribution >= 4 is 11.8 Å². The van der Waals surface area contributed by atoms with Crippen LogP contribution in [0.2, 0.25) is 0 Å². The van der Waals surface area contributed by atoms with E-state index >= 15 is 0 Å². The van der Waals surface area contributed by atoms with E-state index in [4.69, 9.17) is 4.74 Å². The maximum atomic E-state index is 13.3. The van der Waals surface area contributed by atoms with Crippen LogP contribution in [0, 0.1) is 5.82 Å². The predicted octanol–water partition coefficient (Wildman–Crippen LogP) is 2.36. The highest BCUT2D eigenvalue weighted by molar-refractivity contribution is 5.88. The lowest BCUT2D eigenvalue weighted by molar-refractivity contribution is -0.140. The average molecular weight is 413 g/mol. The maximum absolute atomic E-state index is 13.3. The topological polar surface area (TPSA) is 61.9 Å². The molecule has 0 spiro atoms. The lowest BCUT2D eigenvalue weighted by atomic mass is 10.0. The Morgan fingerprint density at radius 2 is 1.77 bits per heavy atom. The molecule has 1 heterocycles. The number of morpholine rings is 1. The number of hydrogen-bond donors (Lipinski definition) is 1. The van der Waals surface area contributed by atoms with Crippen LogP contribution in [0.3, 0.4) is 0 Å². The molecule has 30 heavy (non-hydrogen) atoms.